The third kappa shape index (κ3) is 4.78. The zero-order valence-corrected chi connectivity index (χ0v) is 14.4. The normalized spacial score (nSPS) is 13.5. The van der Waals surface area contributed by atoms with Gasteiger partial charge in [0.05, 0.1) is 7.11 Å². The predicted octanol–water partition coefficient (Wildman–Crippen LogP) is 2.94. The van der Waals surface area contributed by atoms with Gasteiger partial charge in [-0.05, 0) is 12.0 Å². The van der Waals surface area contributed by atoms with Crippen LogP contribution in [0.5, 0.6) is 0 Å². The lowest BCUT2D eigenvalue weighted by Crippen LogP contribution is -2.33. The highest BCUT2D eigenvalue weighted by Crippen LogP contribution is 2.44. The van der Waals surface area contributed by atoms with Crippen LogP contribution in [0.15, 0.2) is 60.7 Å². The van der Waals surface area contributed by atoms with Crippen LogP contribution >= 0.6 is 7.29 Å². The van der Waals surface area contributed by atoms with Crippen LogP contribution in [-0.4, -0.2) is 37.5 Å². The SMILES string of the molecule is COC(=O)CN(CCc1ccccc1)P(C)(=O)c1ccccc1. The van der Waals surface area contributed by atoms with Crippen LogP contribution in [0.4, 0.5) is 0 Å². The average molecular weight is 331 g/mol. The summed E-state index contributed by atoms with van der Waals surface area (Å²) in [6.07, 6.45) is 0.725. The zero-order valence-electron chi connectivity index (χ0n) is 13.5. The zero-order chi connectivity index (χ0) is 16.7. The number of methoxy groups -OCH3 is 1. The van der Waals surface area contributed by atoms with E-state index in [1.165, 1.54) is 7.11 Å². The monoisotopic (exact) mass is 331 g/mol. The van der Waals surface area contributed by atoms with Gasteiger partial charge in [0.2, 0.25) is 0 Å². The molecule has 0 aromatic heterocycles. The van der Waals surface area contributed by atoms with E-state index >= 15 is 0 Å². The van der Waals surface area contributed by atoms with Gasteiger partial charge in [-0.25, -0.2) is 4.67 Å². The number of ether oxygens (including phenoxy) is 1. The first-order valence-electron chi connectivity index (χ1n) is 7.53. The summed E-state index contributed by atoms with van der Waals surface area (Å²) >= 11 is 0. The minimum absolute atomic E-state index is 0.0198. The maximum atomic E-state index is 13.3. The van der Waals surface area contributed by atoms with Crippen LogP contribution in [0.2, 0.25) is 0 Å². The molecule has 0 aliphatic heterocycles. The van der Waals surface area contributed by atoms with E-state index in [9.17, 15) is 9.36 Å². The number of hydrogen-bond acceptors (Lipinski definition) is 3. The molecule has 1 atom stereocenters. The summed E-state index contributed by atoms with van der Waals surface area (Å²) in [4.78, 5) is 11.7. The molecule has 0 bridgehead atoms. The number of carbonyl (C=O) groups is 1. The molecule has 0 aliphatic carbocycles. The molecular formula is C18H22NO3P. The van der Waals surface area contributed by atoms with E-state index in [0.29, 0.717) is 6.54 Å². The Bertz CT molecular complexity index is 673. The van der Waals surface area contributed by atoms with Crippen molar-refractivity contribution >= 4 is 18.6 Å². The first-order chi connectivity index (χ1) is 11.0. The quantitative estimate of drug-likeness (QED) is 0.578. The largest absolute Gasteiger partial charge is 0.468 e. The first kappa shape index (κ1) is 17.5. The molecule has 0 spiro atoms. The number of carbonyl (C=O) groups excluding carboxylic acids is 1. The van der Waals surface area contributed by atoms with Crippen molar-refractivity contribution in [3.05, 3.63) is 66.2 Å². The van der Waals surface area contributed by atoms with E-state index in [2.05, 4.69) is 0 Å². The summed E-state index contributed by atoms with van der Waals surface area (Å²) in [5, 5.41) is 0.747. The Balaban J connectivity index is 2.19. The van der Waals surface area contributed by atoms with Crippen LogP contribution in [0, 0.1) is 0 Å². The van der Waals surface area contributed by atoms with Crippen molar-refractivity contribution in [1.29, 1.82) is 0 Å². The van der Waals surface area contributed by atoms with Gasteiger partial charge >= 0.3 is 5.97 Å². The Morgan fingerprint density at radius 2 is 1.61 bits per heavy atom. The minimum atomic E-state index is -2.83. The highest BCUT2D eigenvalue weighted by molar-refractivity contribution is 7.68. The molecular weight excluding hydrogens is 309 g/mol. The smallest absolute Gasteiger partial charge is 0.320 e. The van der Waals surface area contributed by atoms with Crippen molar-refractivity contribution in [2.75, 3.05) is 26.9 Å². The molecule has 122 valence electrons. The highest BCUT2D eigenvalue weighted by atomic mass is 31.2. The molecule has 4 nitrogen and oxygen atoms in total. The summed E-state index contributed by atoms with van der Waals surface area (Å²) in [6, 6.07) is 19.3. The number of rotatable bonds is 7. The third-order valence-electron chi connectivity index (χ3n) is 3.82. The second-order valence-electron chi connectivity index (χ2n) is 5.41. The number of hydrogen-bond donors (Lipinski definition) is 0. The van der Waals surface area contributed by atoms with E-state index in [4.69, 9.17) is 4.74 Å². The molecule has 0 saturated heterocycles. The fourth-order valence-electron chi connectivity index (χ4n) is 2.39. The number of nitrogens with zero attached hydrogens (tertiary/aromatic N) is 1. The number of esters is 1. The minimum Gasteiger partial charge on any atom is -0.468 e. The molecule has 1 unspecified atom stereocenters. The second kappa shape index (κ2) is 8.09. The maximum Gasteiger partial charge on any atom is 0.320 e. The van der Waals surface area contributed by atoms with Gasteiger partial charge in [-0.15, -0.1) is 0 Å². The van der Waals surface area contributed by atoms with Gasteiger partial charge in [0, 0.05) is 18.5 Å². The van der Waals surface area contributed by atoms with E-state index in [-0.39, 0.29) is 12.5 Å². The van der Waals surface area contributed by atoms with Crippen LogP contribution in [0.3, 0.4) is 0 Å². The number of benzene rings is 2. The average Bonchev–Trinajstić information content (AvgIpc) is 2.59. The van der Waals surface area contributed by atoms with Crippen LogP contribution in [-0.2, 0) is 20.5 Å². The molecule has 0 saturated carbocycles. The highest BCUT2D eigenvalue weighted by Gasteiger charge is 2.29. The second-order valence-corrected chi connectivity index (χ2v) is 8.25. The van der Waals surface area contributed by atoms with Gasteiger partial charge in [-0.3, -0.25) is 4.79 Å². The van der Waals surface area contributed by atoms with Gasteiger partial charge in [0.15, 0.2) is 7.29 Å². The molecule has 2 aromatic carbocycles. The third-order valence-corrected chi connectivity index (χ3v) is 6.49. The molecule has 2 aromatic rings. The van der Waals surface area contributed by atoms with Crippen molar-refractivity contribution in [2.45, 2.75) is 6.42 Å². The van der Waals surface area contributed by atoms with E-state index in [0.717, 1.165) is 17.3 Å². The Hall–Kier alpha value is -1.90. The summed E-state index contributed by atoms with van der Waals surface area (Å²) in [5.74, 6) is -0.379. The Morgan fingerprint density at radius 3 is 2.17 bits per heavy atom. The molecule has 0 amide bonds. The van der Waals surface area contributed by atoms with Gasteiger partial charge in [0.1, 0.15) is 6.54 Å². The van der Waals surface area contributed by atoms with Crippen molar-refractivity contribution in [1.82, 2.24) is 4.67 Å². The topological polar surface area (TPSA) is 46.6 Å². The van der Waals surface area contributed by atoms with E-state index in [1.54, 1.807) is 11.3 Å². The summed E-state index contributed by atoms with van der Waals surface area (Å²) in [5.41, 5.74) is 1.15. The molecule has 2 rings (SSSR count). The van der Waals surface area contributed by atoms with Crippen LogP contribution in [0.25, 0.3) is 0 Å². The summed E-state index contributed by atoms with van der Waals surface area (Å²) in [7, 11) is -1.48. The van der Waals surface area contributed by atoms with Crippen LogP contribution < -0.4 is 5.30 Å². The molecule has 0 N–H and O–H groups in total. The molecule has 23 heavy (non-hydrogen) atoms. The Kier molecular flexibility index (Phi) is 6.14. The van der Waals surface area contributed by atoms with Gasteiger partial charge in [0.25, 0.3) is 0 Å². The van der Waals surface area contributed by atoms with Crippen molar-refractivity contribution in [3.8, 4) is 0 Å². The fourth-order valence-corrected chi connectivity index (χ4v) is 4.31. The predicted molar refractivity (Wildman–Crippen MR) is 93.3 cm³/mol. The fraction of sp³-hybridized carbons (Fsp3) is 0.278. The lowest BCUT2D eigenvalue weighted by molar-refractivity contribution is -0.140. The van der Waals surface area contributed by atoms with E-state index in [1.807, 2.05) is 60.7 Å². The van der Waals surface area contributed by atoms with Gasteiger partial charge in [-0.2, -0.15) is 0 Å². The molecule has 0 fully saturated rings. The molecule has 0 aliphatic rings. The van der Waals surface area contributed by atoms with E-state index < -0.39 is 7.29 Å². The summed E-state index contributed by atoms with van der Waals surface area (Å²) in [6.45, 7) is 2.25. The molecule has 0 radical (unpaired) electrons. The first-order valence-corrected chi connectivity index (χ1v) is 9.64. The maximum absolute atomic E-state index is 13.3. The standard InChI is InChI=1S/C18H22NO3P/c1-22-18(20)15-19(14-13-16-9-5-3-6-10-16)23(2,21)17-11-7-4-8-12-17/h3-12H,13-15H2,1-2H3. The van der Waals surface area contributed by atoms with Crippen molar-refractivity contribution in [3.63, 3.8) is 0 Å². The molecule has 5 heteroatoms. The van der Waals surface area contributed by atoms with Crippen LogP contribution in [0.1, 0.15) is 5.56 Å². The lowest BCUT2D eigenvalue weighted by atomic mass is 10.1. The lowest BCUT2D eigenvalue weighted by Gasteiger charge is -2.28. The van der Waals surface area contributed by atoms with Crippen molar-refractivity contribution < 1.29 is 14.1 Å². The Labute approximate surface area is 137 Å². The van der Waals surface area contributed by atoms with Gasteiger partial charge < -0.3 is 9.30 Å². The molecule has 0 heterocycles. The van der Waals surface area contributed by atoms with Gasteiger partial charge in [-0.1, -0.05) is 60.7 Å². The van der Waals surface area contributed by atoms with Crippen molar-refractivity contribution in [2.24, 2.45) is 0 Å². The Morgan fingerprint density at radius 1 is 1.04 bits per heavy atom. The summed E-state index contributed by atoms with van der Waals surface area (Å²) < 4.78 is 19.8.